The van der Waals surface area contributed by atoms with E-state index in [1.807, 2.05) is 11.0 Å². The van der Waals surface area contributed by atoms with Gasteiger partial charge in [0.1, 0.15) is 0 Å². The number of nitrogens with zero attached hydrogens (tertiary/aromatic N) is 6. The molecule has 9 heteroatoms. The molecule has 1 unspecified atom stereocenters. The number of guanidine groups is 1. The summed E-state index contributed by atoms with van der Waals surface area (Å²) in [6.07, 6.45) is 8.93. The van der Waals surface area contributed by atoms with Gasteiger partial charge < -0.3 is 20.0 Å². The molecule has 8 nitrogen and oxygen atoms in total. The van der Waals surface area contributed by atoms with E-state index in [9.17, 15) is 4.79 Å². The molecule has 1 atom stereocenters. The van der Waals surface area contributed by atoms with Gasteiger partial charge in [-0.25, -0.2) is 9.97 Å². The molecule has 1 N–H and O–H groups in total. The second-order valence-electron chi connectivity index (χ2n) is 8.99. The molecule has 180 valence electrons. The topological polar surface area (TPSA) is 77.0 Å². The standard InChI is InChI=1S/C23H39N7O.HI/c1-4-9-23(3)10-6-14-30(19-23)21(24-5-2)27-13-8-20(31)28-15-17-29(18-16-28)22-25-11-7-12-26-22;/h7,11-12H,4-6,8-10,13-19H2,1-3H3,(H,24,27);1H. The van der Waals surface area contributed by atoms with Crippen molar-refractivity contribution in [1.29, 1.82) is 0 Å². The number of carbonyl (C=O) groups excluding carboxylic acids is 1. The highest BCUT2D eigenvalue weighted by atomic mass is 127. The Morgan fingerprint density at radius 1 is 1.12 bits per heavy atom. The number of likely N-dealkylation sites (tertiary alicyclic amines) is 1. The minimum atomic E-state index is 0. The number of aromatic nitrogens is 2. The Hall–Kier alpha value is -1.65. The highest BCUT2D eigenvalue weighted by Crippen LogP contribution is 2.33. The van der Waals surface area contributed by atoms with E-state index in [0.29, 0.717) is 31.5 Å². The average Bonchev–Trinajstić information content (AvgIpc) is 2.79. The van der Waals surface area contributed by atoms with Gasteiger partial charge in [0.15, 0.2) is 5.96 Å². The summed E-state index contributed by atoms with van der Waals surface area (Å²) in [5.74, 6) is 1.89. The second-order valence-corrected chi connectivity index (χ2v) is 8.99. The number of amides is 1. The SMILES string of the molecule is CCCC1(C)CCCN(C(=NCCC(=O)N2CCN(c3ncccn3)CC2)NCC)C1.I. The first kappa shape index (κ1) is 26.6. The molecule has 1 aromatic rings. The predicted octanol–water partition coefficient (Wildman–Crippen LogP) is 3.00. The Balaban J connectivity index is 0.00000363. The number of piperidine rings is 1. The lowest BCUT2D eigenvalue weighted by Crippen LogP contribution is -2.50. The van der Waals surface area contributed by atoms with Crippen molar-refractivity contribution in [3.8, 4) is 0 Å². The molecule has 0 aliphatic carbocycles. The number of aliphatic imine (C=N–C) groups is 1. The predicted molar refractivity (Wildman–Crippen MR) is 141 cm³/mol. The molecule has 2 saturated heterocycles. The fourth-order valence-electron chi connectivity index (χ4n) is 4.76. The van der Waals surface area contributed by atoms with Gasteiger partial charge in [0.25, 0.3) is 0 Å². The molecule has 0 saturated carbocycles. The van der Waals surface area contributed by atoms with E-state index in [-0.39, 0.29) is 29.9 Å². The van der Waals surface area contributed by atoms with Crippen LogP contribution < -0.4 is 10.2 Å². The summed E-state index contributed by atoms with van der Waals surface area (Å²) in [5.41, 5.74) is 0.362. The summed E-state index contributed by atoms with van der Waals surface area (Å²) in [6.45, 7) is 13.2. The maximum absolute atomic E-state index is 12.7. The zero-order valence-corrected chi connectivity index (χ0v) is 22.3. The number of halogens is 1. The van der Waals surface area contributed by atoms with Crippen molar-refractivity contribution in [1.82, 2.24) is 25.1 Å². The van der Waals surface area contributed by atoms with Crippen molar-refractivity contribution < 1.29 is 4.79 Å². The number of carbonyl (C=O) groups is 1. The van der Waals surface area contributed by atoms with E-state index in [1.54, 1.807) is 12.4 Å². The molecule has 0 bridgehead atoms. The average molecular weight is 558 g/mol. The van der Waals surface area contributed by atoms with Crippen LogP contribution in [0.3, 0.4) is 0 Å². The van der Waals surface area contributed by atoms with Gasteiger partial charge in [-0.05, 0) is 37.7 Å². The molecule has 2 fully saturated rings. The van der Waals surface area contributed by atoms with Crippen LogP contribution in [0.5, 0.6) is 0 Å². The van der Waals surface area contributed by atoms with Gasteiger partial charge in [-0.2, -0.15) is 0 Å². The van der Waals surface area contributed by atoms with Gasteiger partial charge in [-0.3, -0.25) is 9.79 Å². The van der Waals surface area contributed by atoms with Crippen LogP contribution in [0.1, 0.15) is 52.9 Å². The summed E-state index contributed by atoms with van der Waals surface area (Å²) < 4.78 is 0. The molecular formula is C23H40IN7O. The van der Waals surface area contributed by atoms with Crippen LogP contribution in [0.15, 0.2) is 23.5 Å². The van der Waals surface area contributed by atoms with Crippen LogP contribution in [0.4, 0.5) is 5.95 Å². The summed E-state index contributed by atoms with van der Waals surface area (Å²) in [4.78, 5) is 32.6. The minimum Gasteiger partial charge on any atom is -0.357 e. The number of rotatable bonds is 7. The maximum Gasteiger partial charge on any atom is 0.225 e. The first-order valence-corrected chi connectivity index (χ1v) is 11.9. The molecule has 0 aromatic carbocycles. The Kier molecular flexibility index (Phi) is 10.9. The fourth-order valence-corrected chi connectivity index (χ4v) is 4.76. The summed E-state index contributed by atoms with van der Waals surface area (Å²) in [7, 11) is 0. The minimum absolute atomic E-state index is 0. The third-order valence-corrected chi connectivity index (χ3v) is 6.32. The van der Waals surface area contributed by atoms with Crippen LogP contribution in [0.2, 0.25) is 0 Å². The van der Waals surface area contributed by atoms with Crippen LogP contribution in [0.25, 0.3) is 0 Å². The Labute approximate surface area is 210 Å². The van der Waals surface area contributed by atoms with Crippen molar-refractivity contribution in [3.05, 3.63) is 18.5 Å². The number of anilines is 1. The molecule has 2 aliphatic rings. The number of nitrogens with one attached hydrogen (secondary N) is 1. The molecular weight excluding hydrogens is 517 g/mol. The number of hydrogen-bond acceptors (Lipinski definition) is 5. The number of piperazine rings is 1. The smallest absolute Gasteiger partial charge is 0.225 e. The third kappa shape index (κ3) is 7.45. The van der Waals surface area contributed by atoms with Crippen molar-refractivity contribution in [2.75, 3.05) is 57.3 Å². The van der Waals surface area contributed by atoms with Crippen LogP contribution in [0, 0.1) is 5.41 Å². The number of hydrogen-bond donors (Lipinski definition) is 1. The lowest BCUT2D eigenvalue weighted by atomic mass is 9.78. The monoisotopic (exact) mass is 557 g/mol. The van der Waals surface area contributed by atoms with Gasteiger partial charge in [0, 0.05) is 64.6 Å². The van der Waals surface area contributed by atoms with E-state index in [4.69, 9.17) is 4.99 Å². The van der Waals surface area contributed by atoms with Crippen LogP contribution in [-0.4, -0.2) is 84.0 Å². The molecule has 32 heavy (non-hydrogen) atoms. The van der Waals surface area contributed by atoms with E-state index in [1.165, 1.54) is 25.7 Å². The fraction of sp³-hybridized carbons (Fsp3) is 0.739. The van der Waals surface area contributed by atoms with E-state index >= 15 is 0 Å². The van der Waals surface area contributed by atoms with Crippen molar-refractivity contribution in [2.45, 2.75) is 52.9 Å². The van der Waals surface area contributed by atoms with Crippen molar-refractivity contribution in [2.24, 2.45) is 10.4 Å². The van der Waals surface area contributed by atoms with E-state index in [2.05, 4.69) is 45.9 Å². The lowest BCUT2D eigenvalue weighted by Gasteiger charge is -2.42. The first-order chi connectivity index (χ1) is 15.0. The zero-order chi connectivity index (χ0) is 22.1. The summed E-state index contributed by atoms with van der Waals surface area (Å²) in [5, 5.41) is 3.44. The molecule has 3 rings (SSSR count). The molecule has 1 aromatic heterocycles. The third-order valence-electron chi connectivity index (χ3n) is 6.32. The molecule has 0 spiro atoms. The van der Waals surface area contributed by atoms with Crippen LogP contribution in [-0.2, 0) is 4.79 Å². The summed E-state index contributed by atoms with van der Waals surface area (Å²) in [6, 6.07) is 1.82. The van der Waals surface area contributed by atoms with Crippen LogP contribution >= 0.6 is 24.0 Å². The molecule has 2 aliphatic heterocycles. The van der Waals surface area contributed by atoms with E-state index in [0.717, 1.165) is 44.6 Å². The van der Waals surface area contributed by atoms with E-state index < -0.39 is 0 Å². The second kappa shape index (κ2) is 13.2. The first-order valence-electron chi connectivity index (χ1n) is 11.9. The van der Waals surface area contributed by atoms with Crippen molar-refractivity contribution in [3.63, 3.8) is 0 Å². The quantitative estimate of drug-likeness (QED) is 0.316. The zero-order valence-electron chi connectivity index (χ0n) is 19.9. The Morgan fingerprint density at radius 2 is 1.84 bits per heavy atom. The van der Waals surface area contributed by atoms with Gasteiger partial charge in [0.05, 0.1) is 6.54 Å². The van der Waals surface area contributed by atoms with Gasteiger partial charge in [-0.15, -0.1) is 24.0 Å². The van der Waals surface area contributed by atoms with Gasteiger partial charge >= 0.3 is 0 Å². The highest BCUT2D eigenvalue weighted by molar-refractivity contribution is 14.0. The molecule has 0 radical (unpaired) electrons. The molecule has 1 amide bonds. The largest absolute Gasteiger partial charge is 0.357 e. The van der Waals surface area contributed by atoms with Crippen molar-refractivity contribution >= 4 is 41.8 Å². The lowest BCUT2D eigenvalue weighted by molar-refractivity contribution is -0.131. The maximum atomic E-state index is 12.7. The summed E-state index contributed by atoms with van der Waals surface area (Å²) >= 11 is 0. The Morgan fingerprint density at radius 3 is 2.50 bits per heavy atom. The normalized spacial score (nSPS) is 21.8. The van der Waals surface area contributed by atoms with Gasteiger partial charge in [0.2, 0.25) is 11.9 Å². The molecule has 3 heterocycles. The Bertz CT molecular complexity index is 720. The van der Waals surface area contributed by atoms with Gasteiger partial charge in [-0.1, -0.05) is 20.3 Å². The highest BCUT2D eigenvalue weighted by Gasteiger charge is 2.31.